The highest BCUT2D eigenvalue weighted by Crippen LogP contribution is 2.77. The van der Waals surface area contributed by atoms with Crippen LogP contribution in [0.25, 0.3) is 0 Å². The van der Waals surface area contributed by atoms with Crippen molar-refractivity contribution in [3.63, 3.8) is 0 Å². The van der Waals surface area contributed by atoms with Crippen LogP contribution in [0.1, 0.15) is 66.2 Å². The van der Waals surface area contributed by atoms with Gasteiger partial charge in [-0.1, -0.05) is 18.6 Å². The Morgan fingerprint density at radius 2 is 1.92 bits per heavy atom. The molecule has 0 radical (unpaired) electrons. The highest BCUT2D eigenvalue weighted by atomic mass is 16.7. The predicted molar refractivity (Wildman–Crippen MR) is 129 cm³/mol. The summed E-state index contributed by atoms with van der Waals surface area (Å²) in [6.07, 6.45) is 7.65. The number of hydrogen-bond acceptors (Lipinski definition) is 7. The Morgan fingerprint density at radius 3 is 2.64 bits per heavy atom. The second-order valence-electron chi connectivity index (χ2n) is 13.1. The summed E-state index contributed by atoms with van der Waals surface area (Å²) < 4.78 is 25.3. The number of allylic oxidation sites excluding steroid dienone is 1. The molecule has 3 saturated carbocycles. The average molecular weight is 499 g/mol. The van der Waals surface area contributed by atoms with Gasteiger partial charge >= 0.3 is 5.97 Å². The summed E-state index contributed by atoms with van der Waals surface area (Å²) in [5.41, 5.74) is -1.17. The van der Waals surface area contributed by atoms with Crippen LogP contribution in [0.5, 0.6) is 0 Å². The predicted octanol–water partition coefficient (Wildman–Crippen LogP) is 3.49. The number of rotatable bonds is 2. The molecule has 0 amide bonds. The van der Waals surface area contributed by atoms with E-state index in [-0.39, 0.29) is 48.1 Å². The molecule has 3 aliphatic heterocycles. The van der Waals surface area contributed by atoms with Crippen molar-refractivity contribution in [3.8, 4) is 0 Å². The summed E-state index contributed by atoms with van der Waals surface area (Å²) in [5.74, 6) is -1.12. The van der Waals surface area contributed by atoms with E-state index in [2.05, 4.69) is 13.8 Å². The Hall–Kier alpha value is -1.54. The monoisotopic (exact) mass is 498 g/mol. The first-order valence-corrected chi connectivity index (χ1v) is 13.7. The number of cyclic esters (lactones) is 1. The van der Waals surface area contributed by atoms with Crippen molar-refractivity contribution in [3.05, 3.63) is 23.3 Å². The lowest BCUT2D eigenvalue weighted by molar-refractivity contribution is -0.404. The number of fused-ring (bicyclic) bond motifs is 3. The van der Waals surface area contributed by atoms with E-state index in [0.29, 0.717) is 24.8 Å². The fraction of sp³-hybridized carbons (Fsp3) is 0.793. The third kappa shape index (κ3) is 2.33. The Morgan fingerprint density at radius 1 is 1.14 bits per heavy atom. The number of carbonyl (C=O) groups excluding carboxylic acids is 2. The van der Waals surface area contributed by atoms with E-state index in [0.717, 1.165) is 24.8 Å². The zero-order chi connectivity index (χ0) is 25.5. The maximum atomic E-state index is 13.5. The van der Waals surface area contributed by atoms with Crippen LogP contribution in [0.15, 0.2) is 23.3 Å². The van der Waals surface area contributed by atoms with E-state index in [1.165, 1.54) is 0 Å². The molecule has 4 aliphatic carbocycles. The Kier molecular flexibility index (Phi) is 4.52. The van der Waals surface area contributed by atoms with Gasteiger partial charge in [0, 0.05) is 31.4 Å². The maximum Gasteiger partial charge on any atom is 0.333 e. The van der Waals surface area contributed by atoms with Crippen LogP contribution in [0, 0.1) is 34.5 Å². The Labute approximate surface area is 212 Å². The summed E-state index contributed by atoms with van der Waals surface area (Å²) in [5, 5.41) is 12.7. The SMILES string of the molecule is COC12CC3C(CC4OC45CC=CC(=O)C35C)C3CCC(O)(C(C4CC(C)=C(C)C(=O)O4)CO1)C32C. The third-order valence-corrected chi connectivity index (χ3v) is 12.5. The number of ether oxygens (including phenoxy) is 4. The number of ketones is 1. The highest BCUT2D eigenvalue weighted by molar-refractivity contribution is 5.97. The zero-order valence-electron chi connectivity index (χ0n) is 22.0. The van der Waals surface area contributed by atoms with E-state index in [1.54, 1.807) is 20.1 Å². The van der Waals surface area contributed by atoms with Crippen molar-refractivity contribution >= 4 is 11.8 Å². The first-order valence-electron chi connectivity index (χ1n) is 13.7. The summed E-state index contributed by atoms with van der Waals surface area (Å²) >= 11 is 0. The number of epoxide rings is 1. The highest BCUT2D eigenvalue weighted by Gasteiger charge is 2.83. The lowest BCUT2D eigenvalue weighted by atomic mass is 9.42. The van der Waals surface area contributed by atoms with Crippen LogP contribution < -0.4 is 0 Å². The van der Waals surface area contributed by atoms with E-state index >= 15 is 0 Å². The summed E-state index contributed by atoms with van der Waals surface area (Å²) in [6.45, 7) is 8.27. The van der Waals surface area contributed by atoms with Crippen LogP contribution >= 0.6 is 0 Å². The summed E-state index contributed by atoms with van der Waals surface area (Å²) in [7, 11) is 1.68. The van der Waals surface area contributed by atoms with Crippen LogP contribution in [0.4, 0.5) is 0 Å². The number of esters is 1. The van der Waals surface area contributed by atoms with E-state index < -0.39 is 33.9 Å². The third-order valence-electron chi connectivity index (χ3n) is 12.5. The van der Waals surface area contributed by atoms with Crippen LogP contribution in [-0.4, -0.2) is 59.8 Å². The molecule has 11 unspecified atom stereocenters. The molecule has 0 aromatic carbocycles. The molecule has 2 saturated heterocycles. The number of methoxy groups -OCH3 is 1. The van der Waals surface area contributed by atoms with Crippen molar-refractivity contribution in [1.29, 1.82) is 0 Å². The molecular weight excluding hydrogens is 460 g/mol. The van der Waals surface area contributed by atoms with Crippen molar-refractivity contribution in [2.75, 3.05) is 13.7 Å². The fourth-order valence-electron chi connectivity index (χ4n) is 10.2. The van der Waals surface area contributed by atoms with Gasteiger partial charge in [-0.2, -0.15) is 0 Å². The molecule has 7 aliphatic rings. The molecule has 11 atom stereocenters. The maximum absolute atomic E-state index is 13.5. The van der Waals surface area contributed by atoms with Crippen molar-refractivity contribution in [2.24, 2.45) is 34.5 Å². The minimum absolute atomic E-state index is 0.0472. The quantitative estimate of drug-likeness (QED) is 0.460. The molecule has 3 heterocycles. The molecule has 1 spiro atoms. The minimum Gasteiger partial charge on any atom is -0.458 e. The molecule has 196 valence electrons. The first kappa shape index (κ1) is 23.6. The first-order chi connectivity index (χ1) is 17.0. The van der Waals surface area contributed by atoms with Crippen LogP contribution in [-0.2, 0) is 28.5 Å². The van der Waals surface area contributed by atoms with Gasteiger partial charge in [0.1, 0.15) is 11.7 Å². The molecule has 1 N–H and O–H groups in total. The smallest absolute Gasteiger partial charge is 0.333 e. The van der Waals surface area contributed by atoms with Gasteiger partial charge in [-0.25, -0.2) is 4.79 Å². The van der Waals surface area contributed by atoms with Gasteiger partial charge in [-0.15, -0.1) is 0 Å². The number of hydrogen-bond donors (Lipinski definition) is 1. The van der Waals surface area contributed by atoms with E-state index in [4.69, 9.17) is 18.9 Å². The van der Waals surface area contributed by atoms with E-state index in [9.17, 15) is 14.7 Å². The molecule has 5 fully saturated rings. The van der Waals surface area contributed by atoms with Gasteiger partial charge in [0.05, 0.1) is 29.1 Å². The molecular formula is C29H38O7. The molecule has 7 rings (SSSR count). The molecule has 36 heavy (non-hydrogen) atoms. The van der Waals surface area contributed by atoms with Gasteiger partial charge in [-0.05, 0) is 70.3 Å². The van der Waals surface area contributed by atoms with Crippen LogP contribution in [0.3, 0.4) is 0 Å². The van der Waals surface area contributed by atoms with Crippen molar-refractivity contribution in [2.45, 2.75) is 95.4 Å². The standard InChI is InChI=1S/C29H38O7/c1-15-11-21(35-24(31)16(15)2)20-14-34-29(33-5)13-19-17(18-8-10-27(20,32)26(18,29)4)12-23-28(36-23)9-6-7-22(30)25(19,28)3/h6-7,17-21,23,32H,8-14H2,1-5H3. The fourth-order valence-corrected chi connectivity index (χ4v) is 10.2. The van der Waals surface area contributed by atoms with Gasteiger partial charge in [0.25, 0.3) is 0 Å². The van der Waals surface area contributed by atoms with Gasteiger partial charge < -0.3 is 24.1 Å². The molecule has 0 aromatic rings. The van der Waals surface area contributed by atoms with Crippen molar-refractivity contribution in [1.82, 2.24) is 0 Å². The summed E-state index contributed by atoms with van der Waals surface area (Å²) in [6, 6.07) is 0. The van der Waals surface area contributed by atoms with Gasteiger partial charge in [0.15, 0.2) is 11.6 Å². The second-order valence-corrected chi connectivity index (χ2v) is 13.1. The number of carbonyl (C=O) groups is 2. The Balaban J connectivity index is 1.31. The lowest BCUT2D eigenvalue weighted by Gasteiger charge is -2.68. The van der Waals surface area contributed by atoms with Gasteiger partial charge in [0.2, 0.25) is 0 Å². The normalized spacial score (nSPS) is 56.9. The molecule has 7 nitrogen and oxygen atoms in total. The molecule has 0 aromatic heterocycles. The topological polar surface area (TPSA) is 94.6 Å². The molecule has 0 bridgehead atoms. The minimum atomic E-state index is -1.11. The lowest BCUT2D eigenvalue weighted by Crippen LogP contribution is -2.76. The average Bonchev–Trinajstić information content (AvgIpc) is 3.47. The van der Waals surface area contributed by atoms with Gasteiger partial charge in [-0.3, -0.25) is 4.79 Å². The zero-order valence-corrected chi connectivity index (χ0v) is 22.0. The van der Waals surface area contributed by atoms with Crippen molar-refractivity contribution < 1.29 is 33.6 Å². The molecule has 7 heteroatoms. The summed E-state index contributed by atoms with van der Waals surface area (Å²) in [4.78, 5) is 26.1. The van der Waals surface area contributed by atoms with Crippen LogP contribution in [0.2, 0.25) is 0 Å². The van der Waals surface area contributed by atoms with E-state index in [1.807, 2.05) is 13.0 Å². The number of aliphatic hydroxyl groups is 1. The largest absolute Gasteiger partial charge is 0.458 e. The second kappa shape index (κ2) is 6.90. The Bertz CT molecular complexity index is 1130.